The summed E-state index contributed by atoms with van der Waals surface area (Å²) < 4.78 is 10.6. The van der Waals surface area contributed by atoms with Crippen molar-refractivity contribution in [1.29, 1.82) is 0 Å². The van der Waals surface area contributed by atoms with E-state index >= 15 is 0 Å². The molecule has 2 saturated carbocycles. The van der Waals surface area contributed by atoms with E-state index in [-0.39, 0.29) is 23.7 Å². The maximum atomic E-state index is 12.9. The van der Waals surface area contributed by atoms with E-state index in [2.05, 4.69) is 0 Å². The Kier molecular flexibility index (Phi) is 2.93. The molecule has 1 saturated heterocycles. The molecule has 5 nitrogen and oxygen atoms in total. The minimum absolute atomic E-state index is 0.0613. The number of fused-ring (bicyclic) bond motifs is 5. The Labute approximate surface area is 129 Å². The van der Waals surface area contributed by atoms with Crippen LogP contribution in [-0.2, 0) is 9.59 Å². The van der Waals surface area contributed by atoms with Crippen LogP contribution in [0, 0.1) is 23.7 Å². The van der Waals surface area contributed by atoms with Gasteiger partial charge >= 0.3 is 0 Å². The molecule has 2 aliphatic carbocycles. The number of nitrogens with zero attached hydrogens (tertiary/aromatic N) is 1. The van der Waals surface area contributed by atoms with Gasteiger partial charge in [0.2, 0.25) is 11.8 Å². The number of hydrogen-bond acceptors (Lipinski definition) is 4. The summed E-state index contributed by atoms with van der Waals surface area (Å²) in [6, 6.07) is 5.20. The van der Waals surface area contributed by atoms with Gasteiger partial charge in [-0.05, 0) is 43.2 Å². The van der Waals surface area contributed by atoms with Gasteiger partial charge in [0.1, 0.15) is 11.5 Å². The lowest BCUT2D eigenvalue weighted by atomic mass is 9.81. The number of benzene rings is 1. The number of anilines is 1. The van der Waals surface area contributed by atoms with Crippen molar-refractivity contribution in [2.75, 3.05) is 19.1 Å². The minimum Gasteiger partial charge on any atom is -0.497 e. The van der Waals surface area contributed by atoms with E-state index in [1.54, 1.807) is 32.4 Å². The highest BCUT2D eigenvalue weighted by molar-refractivity contribution is 6.23. The van der Waals surface area contributed by atoms with Crippen LogP contribution in [0.1, 0.15) is 19.3 Å². The summed E-state index contributed by atoms with van der Waals surface area (Å²) in [4.78, 5) is 27.1. The number of hydrogen-bond donors (Lipinski definition) is 0. The summed E-state index contributed by atoms with van der Waals surface area (Å²) in [6.07, 6.45) is 3.19. The molecule has 4 atom stereocenters. The predicted octanol–water partition coefficient (Wildman–Crippen LogP) is 2.24. The van der Waals surface area contributed by atoms with Crippen LogP contribution < -0.4 is 14.4 Å². The van der Waals surface area contributed by atoms with Crippen LogP contribution in [0.15, 0.2) is 18.2 Å². The first-order valence-electron chi connectivity index (χ1n) is 7.75. The van der Waals surface area contributed by atoms with Gasteiger partial charge in [-0.1, -0.05) is 0 Å². The highest BCUT2D eigenvalue weighted by Gasteiger charge is 2.61. The van der Waals surface area contributed by atoms with Crippen molar-refractivity contribution in [3.05, 3.63) is 18.2 Å². The molecular weight excluding hydrogens is 282 g/mol. The average molecular weight is 301 g/mol. The molecule has 1 heterocycles. The zero-order valence-corrected chi connectivity index (χ0v) is 12.7. The summed E-state index contributed by atoms with van der Waals surface area (Å²) in [7, 11) is 3.11. The van der Waals surface area contributed by atoms with E-state index < -0.39 is 0 Å². The number of imide groups is 1. The van der Waals surface area contributed by atoms with Crippen LogP contribution in [0.2, 0.25) is 0 Å². The molecule has 0 spiro atoms. The van der Waals surface area contributed by atoms with Crippen LogP contribution >= 0.6 is 0 Å². The Hall–Kier alpha value is -2.04. The zero-order chi connectivity index (χ0) is 15.4. The molecule has 0 N–H and O–H groups in total. The topological polar surface area (TPSA) is 55.8 Å². The molecule has 5 heteroatoms. The molecule has 22 heavy (non-hydrogen) atoms. The number of carbonyl (C=O) groups excluding carboxylic acids is 2. The van der Waals surface area contributed by atoms with Crippen molar-refractivity contribution in [3.63, 3.8) is 0 Å². The molecule has 3 fully saturated rings. The van der Waals surface area contributed by atoms with Crippen LogP contribution in [0.3, 0.4) is 0 Å². The molecule has 1 aliphatic heterocycles. The molecule has 4 unspecified atom stereocenters. The zero-order valence-electron chi connectivity index (χ0n) is 12.7. The van der Waals surface area contributed by atoms with E-state index in [1.165, 1.54) is 4.90 Å². The van der Waals surface area contributed by atoms with E-state index in [1.807, 2.05) is 0 Å². The molecular formula is C17H19NO4. The average Bonchev–Trinajstić information content (AvgIpc) is 3.21. The molecule has 3 aliphatic rings. The lowest BCUT2D eigenvalue weighted by Crippen LogP contribution is -2.33. The Balaban J connectivity index is 1.77. The summed E-state index contributed by atoms with van der Waals surface area (Å²) in [6.45, 7) is 0. The van der Waals surface area contributed by atoms with E-state index in [4.69, 9.17) is 9.47 Å². The van der Waals surface area contributed by atoms with Crippen molar-refractivity contribution < 1.29 is 19.1 Å². The van der Waals surface area contributed by atoms with Gasteiger partial charge < -0.3 is 9.47 Å². The maximum absolute atomic E-state index is 12.9. The Morgan fingerprint density at radius 3 is 2.18 bits per heavy atom. The Bertz CT molecular complexity index is 628. The fourth-order valence-corrected chi connectivity index (χ4v) is 4.62. The molecule has 116 valence electrons. The van der Waals surface area contributed by atoms with Crippen LogP contribution in [0.4, 0.5) is 5.69 Å². The normalized spacial score (nSPS) is 32.5. The summed E-state index contributed by atoms with van der Waals surface area (Å²) >= 11 is 0. The summed E-state index contributed by atoms with van der Waals surface area (Å²) in [5.41, 5.74) is 0.505. The van der Waals surface area contributed by atoms with Crippen LogP contribution in [0.5, 0.6) is 11.5 Å². The first-order chi connectivity index (χ1) is 10.7. The third kappa shape index (κ3) is 1.65. The molecule has 0 aromatic heterocycles. The van der Waals surface area contributed by atoms with Crippen molar-refractivity contribution in [3.8, 4) is 11.5 Å². The monoisotopic (exact) mass is 301 g/mol. The van der Waals surface area contributed by atoms with Gasteiger partial charge in [0.15, 0.2) is 0 Å². The summed E-state index contributed by atoms with van der Waals surface area (Å²) in [5.74, 6) is 1.53. The number of carbonyl (C=O) groups is 2. The van der Waals surface area contributed by atoms with Crippen molar-refractivity contribution in [2.45, 2.75) is 19.3 Å². The number of ether oxygens (including phenoxy) is 2. The fourth-order valence-electron chi connectivity index (χ4n) is 4.62. The Morgan fingerprint density at radius 2 is 1.64 bits per heavy atom. The second-order valence-electron chi connectivity index (χ2n) is 6.43. The second kappa shape index (κ2) is 4.73. The third-order valence-electron chi connectivity index (χ3n) is 5.55. The van der Waals surface area contributed by atoms with Gasteiger partial charge in [-0.15, -0.1) is 0 Å². The molecule has 2 bridgehead atoms. The van der Waals surface area contributed by atoms with Crippen molar-refractivity contribution >= 4 is 17.5 Å². The highest BCUT2D eigenvalue weighted by atomic mass is 16.5. The van der Waals surface area contributed by atoms with E-state index in [9.17, 15) is 9.59 Å². The van der Waals surface area contributed by atoms with E-state index in [0.717, 1.165) is 19.3 Å². The largest absolute Gasteiger partial charge is 0.497 e. The molecule has 1 aromatic rings. The van der Waals surface area contributed by atoms with Gasteiger partial charge in [0.25, 0.3) is 0 Å². The molecule has 1 aromatic carbocycles. The van der Waals surface area contributed by atoms with Gasteiger partial charge in [0, 0.05) is 6.07 Å². The molecule has 4 rings (SSSR count). The predicted molar refractivity (Wildman–Crippen MR) is 79.9 cm³/mol. The van der Waals surface area contributed by atoms with Crippen LogP contribution in [-0.4, -0.2) is 26.0 Å². The lowest BCUT2D eigenvalue weighted by Gasteiger charge is -2.20. The fraction of sp³-hybridized carbons (Fsp3) is 0.529. The van der Waals surface area contributed by atoms with E-state index in [0.29, 0.717) is 29.0 Å². The van der Waals surface area contributed by atoms with Gasteiger partial charge in [-0.3, -0.25) is 9.59 Å². The SMILES string of the molecule is COc1ccc(OC)c(N2C(=O)C3C4CCC(C4)C3C2=O)c1. The Morgan fingerprint density at radius 1 is 1.00 bits per heavy atom. The van der Waals surface area contributed by atoms with Crippen molar-refractivity contribution in [1.82, 2.24) is 0 Å². The highest BCUT2D eigenvalue weighted by Crippen LogP contribution is 2.57. The van der Waals surface area contributed by atoms with Crippen molar-refractivity contribution in [2.24, 2.45) is 23.7 Å². The lowest BCUT2D eigenvalue weighted by molar-refractivity contribution is -0.123. The van der Waals surface area contributed by atoms with Gasteiger partial charge in [-0.2, -0.15) is 0 Å². The first kappa shape index (κ1) is 13.6. The molecule has 2 amide bonds. The third-order valence-corrected chi connectivity index (χ3v) is 5.55. The quantitative estimate of drug-likeness (QED) is 0.803. The number of rotatable bonds is 3. The molecule has 0 radical (unpaired) electrons. The van der Waals surface area contributed by atoms with Gasteiger partial charge in [0.05, 0.1) is 31.7 Å². The van der Waals surface area contributed by atoms with Gasteiger partial charge in [-0.25, -0.2) is 4.90 Å². The first-order valence-corrected chi connectivity index (χ1v) is 7.75. The standard InChI is InChI=1S/C17H19NO4/c1-21-11-5-6-13(22-2)12(8-11)18-16(19)14-9-3-4-10(7-9)15(14)17(18)20/h5-6,8-10,14-15H,3-4,7H2,1-2H3. The smallest absolute Gasteiger partial charge is 0.238 e. The minimum atomic E-state index is -0.123. The second-order valence-corrected chi connectivity index (χ2v) is 6.43. The number of methoxy groups -OCH3 is 2. The number of amides is 2. The maximum Gasteiger partial charge on any atom is 0.238 e. The van der Waals surface area contributed by atoms with Crippen LogP contribution in [0.25, 0.3) is 0 Å². The summed E-state index contributed by atoms with van der Waals surface area (Å²) in [5, 5.41) is 0.